The van der Waals surface area contributed by atoms with Crippen LogP contribution in [0.1, 0.15) is 71.3 Å². The molecule has 1 aromatic rings. The number of Topliss-reactive ketones (excluding diaryl/α,β-unsaturated/α-hetero) is 1. The number of anilines is 1. The normalized spacial score (nSPS) is 20.7. The highest BCUT2D eigenvalue weighted by molar-refractivity contribution is 5.99. The molecule has 3 rings (SSSR count). The first-order valence-electron chi connectivity index (χ1n) is 10.8. The highest BCUT2D eigenvalue weighted by atomic mass is 16.2. The fourth-order valence-electron chi connectivity index (χ4n) is 4.60. The number of amides is 2. The van der Waals surface area contributed by atoms with E-state index in [4.69, 9.17) is 0 Å². The molecule has 1 heterocycles. The lowest BCUT2D eigenvalue weighted by Crippen LogP contribution is -2.47. The van der Waals surface area contributed by atoms with Crippen LogP contribution in [-0.2, 0) is 20.8 Å². The second-order valence-corrected chi connectivity index (χ2v) is 8.32. The molecule has 1 aliphatic carbocycles. The molecule has 1 fully saturated rings. The number of rotatable bonds is 6. The van der Waals surface area contributed by atoms with Gasteiger partial charge in [-0.3, -0.25) is 14.4 Å². The number of nitrogens with one attached hydrogen (secondary N) is 1. The molecule has 2 amide bonds. The monoisotopic (exact) mass is 396 g/mol. The SMILES string of the molecule is CCc1ccc(NC(=O)CC2CC(C(C)=O)=C(C)N(C3CCCCC3)C2=O)cc1. The summed E-state index contributed by atoms with van der Waals surface area (Å²) < 4.78 is 0. The number of benzene rings is 1. The van der Waals surface area contributed by atoms with E-state index < -0.39 is 5.92 Å². The molecule has 156 valence electrons. The first-order valence-corrected chi connectivity index (χ1v) is 10.8. The summed E-state index contributed by atoms with van der Waals surface area (Å²) in [6.07, 6.45) is 6.75. The minimum atomic E-state index is -0.477. The van der Waals surface area contributed by atoms with Gasteiger partial charge in [0.2, 0.25) is 11.8 Å². The Bertz CT molecular complexity index is 804. The van der Waals surface area contributed by atoms with Crippen LogP contribution in [0, 0.1) is 5.92 Å². The van der Waals surface area contributed by atoms with Gasteiger partial charge in [0.25, 0.3) is 0 Å². The molecule has 5 nitrogen and oxygen atoms in total. The van der Waals surface area contributed by atoms with Gasteiger partial charge in [0, 0.05) is 29.4 Å². The average Bonchev–Trinajstić information content (AvgIpc) is 2.71. The summed E-state index contributed by atoms with van der Waals surface area (Å²) in [6.45, 7) is 5.53. The van der Waals surface area contributed by atoms with Gasteiger partial charge in [-0.2, -0.15) is 0 Å². The van der Waals surface area contributed by atoms with E-state index in [0.717, 1.165) is 43.5 Å². The molecule has 0 bridgehead atoms. The van der Waals surface area contributed by atoms with Gasteiger partial charge in [0.15, 0.2) is 5.78 Å². The second-order valence-electron chi connectivity index (χ2n) is 8.32. The van der Waals surface area contributed by atoms with Crippen molar-refractivity contribution in [3.8, 4) is 0 Å². The van der Waals surface area contributed by atoms with Crippen molar-refractivity contribution >= 4 is 23.3 Å². The number of hydrogen-bond donors (Lipinski definition) is 1. The van der Waals surface area contributed by atoms with Gasteiger partial charge < -0.3 is 10.2 Å². The summed E-state index contributed by atoms with van der Waals surface area (Å²) in [5.74, 6) is -0.666. The standard InChI is InChI=1S/C24H32N2O3/c1-4-18-10-12-20(13-11-18)25-23(28)15-19-14-22(17(3)27)16(2)26(24(19)29)21-8-6-5-7-9-21/h10-13,19,21H,4-9,14-15H2,1-3H3,(H,25,28). The molecule has 1 N–H and O–H groups in total. The van der Waals surface area contributed by atoms with Crippen LogP contribution < -0.4 is 5.32 Å². The maximum Gasteiger partial charge on any atom is 0.230 e. The Morgan fingerprint density at radius 1 is 1.10 bits per heavy atom. The van der Waals surface area contributed by atoms with Crippen molar-refractivity contribution in [2.45, 2.75) is 78.2 Å². The predicted octanol–water partition coefficient (Wildman–Crippen LogP) is 4.62. The van der Waals surface area contributed by atoms with Gasteiger partial charge in [-0.1, -0.05) is 38.3 Å². The summed E-state index contributed by atoms with van der Waals surface area (Å²) in [4.78, 5) is 40.0. The molecule has 0 saturated heterocycles. The Kier molecular flexibility index (Phi) is 6.88. The molecule has 1 unspecified atom stereocenters. The van der Waals surface area contributed by atoms with Crippen LogP contribution in [0.2, 0.25) is 0 Å². The molecule has 2 aliphatic rings. The number of allylic oxidation sites excluding steroid dienone is 2. The Balaban J connectivity index is 1.74. The molecule has 1 atom stereocenters. The molecule has 1 saturated carbocycles. The largest absolute Gasteiger partial charge is 0.326 e. The van der Waals surface area contributed by atoms with Gasteiger partial charge in [-0.05, 0) is 57.2 Å². The Hall–Kier alpha value is -2.43. The van der Waals surface area contributed by atoms with Gasteiger partial charge in [-0.25, -0.2) is 0 Å². The van der Waals surface area contributed by atoms with Crippen molar-refractivity contribution < 1.29 is 14.4 Å². The van der Waals surface area contributed by atoms with E-state index in [1.807, 2.05) is 36.1 Å². The van der Waals surface area contributed by atoms with Crippen molar-refractivity contribution in [3.05, 3.63) is 41.1 Å². The minimum absolute atomic E-state index is 0.00336. The van der Waals surface area contributed by atoms with E-state index in [-0.39, 0.29) is 30.1 Å². The molecule has 0 aromatic heterocycles. The quantitative estimate of drug-likeness (QED) is 0.763. The summed E-state index contributed by atoms with van der Waals surface area (Å²) in [5.41, 5.74) is 3.43. The fourth-order valence-corrected chi connectivity index (χ4v) is 4.60. The fraction of sp³-hybridized carbons (Fsp3) is 0.542. The maximum atomic E-state index is 13.3. The number of aryl methyl sites for hydroxylation is 1. The van der Waals surface area contributed by atoms with Crippen LogP contribution in [0.3, 0.4) is 0 Å². The van der Waals surface area contributed by atoms with Gasteiger partial charge in [0.05, 0.1) is 5.92 Å². The highest BCUT2D eigenvalue weighted by Crippen LogP contribution is 2.35. The first kappa shape index (κ1) is 21.3. The zero-order valence-electron chi connectivity index (χ0n) is 17.8. The molecule has 29 heavy (non-hydrogen) atoms. The molecule has 0 spiro atoms. The predicted molar refractivity (Wildman–Crippen MR) is 114 cm³/mol. The van der Waals surface area contributed by atoms with E-state index in [1.165, 1.54) is 12.0 Å². The number of ketones is 1. The van der Waals surface area contributed by atoms with E-state index in [0.29, 0.717) is 12.0 Å². The van der Waals surface area contributed by atoms with Crippen LogP contribution in [0.4, 0.5) is 5.69 Å². The van der Waals surface area contributed by atoms with E-state index in [1.54, 1.807) is 6.92 Å². The molecule has 5 heteroatoms. The third-order valence-corrected chi connectivity index (χ3v) is 6.28. The van der Waals surface area contributed by atoms with Crippen molar-refractivity contribution in [1.82, 2.24) is 4.90 Å². The lowest BCUT2D eigenvalue weighted by molar-refractivity contribution is -0.139. The third-order valence-electron chi connectivity index (χ3n) is 6.28. The minimum Gasteiger partial charge on any atom is -0.326 e. The molecular weight excluding hydrogens is 364 g/mol. The van der Waals surface area contributed by atoms with E-state index in [9.17, 15) is 14.4 Å². The highest BCUT2D eigenvalue weighted by Gasteiger charge is 2.39. The molecule has 1 aromatic carbocycles. The topological polar surface area (TPSA) is 66.5 Å². The van der Waals surface area contributed by atoms with E-state index >= 15 is 0 Å². The average molecular weight is 397 g/mol. The first-order chi connectivity index (χ1) is 13.9. The lowest BCUT2D eigenvalue weighted by Gasteiger charge is -2.41. The van der Waals surface area contributed by atoms with E-state index in [2.05, 4.69) is 12.2 Å². The summed E-state index contributed by atoms with van der Waals surface area (Å²) in [5, 5.41) is 2.90. The Morgan fingerprint density at radius 2 is 1.76 bits per heavy atom. The Morgan fingerprint density at radius 3 is 2.34 bits per heavy atom. The maximum absolute atomic E-state index is 13.3. The summed E-state index contributed by atoms with van der Waals surface area (Å²) in [6, 6.07) is 7.91. The van der Waals surface area contributed by atoms with Crippen molar-refractivity contribution in [2.75, 3.05) is 5.32 Å². The summed E-state index contributed by atoms with van der Waals surface area (Å²) >= 11 is 0. The molecule has 1 aliphatic heterocycles. The van der Waals surface area contributed by atoms with Gasteiger partial charge in [0.1, 0.15) is 0 Å². The number of hydrogen-bond acceptors (Lipinski definition) is 3. The van der Waals surface area contributed by atoms with Crippen molar-refractivity contribution in [2.24, 2.45) is 5.92 Å². The van der Waals surface area contributed by atoms with Crippen LogP contribution in [0.5, 0.6) is 0 Å². The Labute approximate surface area is 173 Å². The smallest absolute Gasteiger partial charge is 0.230 e. The molecule has 0 radical (unpaired) electrons. The molecular formula is C24H32N2O3. The zero-order valence-corrected chi connectivity index (χ0v) is 17.8. The van der Waals surface area contributed by atoms with Crippen molar-refractivity contribution in [1.29, 1.82) is 0 Å². The number of carbonyl (C=O) groups excluding carboxylic acids is 3. The number of nitrogens with zero attached hydrogens (tertiary/aromatic N) is 1. The van der Waals surface area contributed by atoms with Gasteiger partial charge >= 0.3 is 0 Å². The van der Waals surface area contributed by atoms with Crippen LogP contribution in [0.15, 0.2) is 35.5 Å². The second kappa shape index (κ2) is 9.38. The lowest BCUT2D eigenvalue weighted by atomic mass is 9.84. The van der Waals surface area contributed by atoms with Crippen LogP contribution in [-0.4, -0.2) is 28.5 Å². The number of carbonyl (C=O) groups is 3. The third kappa shape index (κ3) is 4.95. The van der Waals surface area contributed by atoms with Crippen LogP contribution in [0.25, 0.3) is 0 Å². The van der Waals surface area contributed by atoms with Crippen molar-refractivity contribution in [3.63, 3.8) is 0 Å². The zero-order chi connectivity index (χ0) is 21.0. The van der Waals surface area contributed by atoms with Gasteiger partial charge in [-0.15, -0.1) is 0 Å². The summed E-state index contributed by atoms with van der Waals surface area (Å²) in [7, 11) is 0. The van der Waals surface area contributed by atoms with Crippen LogP contribution >= 0.6 is 0 Å².